The van der Waals surface area contributed by atoms with Crippen LogP contribution in [-0.2, 0) is 12.8 Å². The summed E-state index contributed by atoms with van der Waals surface area (Å²) in [5, 5.41) is 3.19. The van der Waals surface area contributed by atoms with Gasteiger partial charge in [0, 0.05) is 10.9 Å². The van der Waals surface area contributed by atoms with Crippen LogP contribution in [0.2, 0.25) is 0 Å². The van der Waals surface area contributed by atoms with E-state index in [0.717, 1.165) is 37.3 Å². The largest absolute Gasteiger partial charge is 0.490 e. The highest BCUT2D eigenvalue weighted by molar-refractivity contribution is 7.15. The van der Waals surface area contributed by atoms with Gasteiger partial charge in [-0.25, -0.2) is 4.98 Å². The number of fused-ring (bicyclic) bond motifs is 1. The van der Waals surface area contributed by atoms with E-state index < -0.39 is 11.3 Å². The summed E-state index contributed by atoms with van der Waals surface area (Å²) in [7, 11) is 1.36. The van der Waals surface area contributed by atoms with Crippen molar-refractivity contribution in [1.29, 1.82) is 0 Å². The molecule has 2 aromatic heterocycles. The van der Waals surface area contributed by atoms with Gasteiger partial charge in [0.05, 0.1) is 12.8 Å². The monoisotopic (exact) mass is 292 g/mol. The molecule has 2 aromatic rings. The van der Waals surface area contributed by atoms with Crippen LogP contribution in [0, 0.1) is 0 Å². The van der Waals surface area contributed by atoms with E-state index in [0.29, 0.717) is 5.13 Å². The van der Waals surface area contributed by atoms with Gasteiger partial charge in [-0.1, -0.05) is 0 Å². The number of hydrogen-bond acceptors (Lipinski definition) is 6. The van der Waals surface area contributed by atoms with E-state index in [4.69, 9.17) is 9.15 Å². The molecule has 0 spiro atoms. The number of amides is 1. The van der Waals surface area contributed by atoms with Crippen molar-refractivity contribution in [2.75, 3.05) is 12.4 Å². The van der Waals surface area contributed by atoms with Crippen LogP contribution in [0.25, 0.3) is 0 Å². The SMILES string of the molecule is COc1coc(C(=O)Nc2nc3c(s2)CCC3)cc1=O. The van der Waals surface area contributed by atoms with E-state index in [1.54, 1.807) is 0 Å². The number of anilines is 1. The normalized spacial score (nSPS) is 13.1. The van der Waals surface area contributed by atoms with E-state index in [1.807, 2.05) is 0 Å². The molecule has 0 fully saturated rings. The zero-order valence-corrected chi connectivity index (χ0v) is 11.6. The maximum Gasteiger partial charge on any atom is 0.293 e. The topological polar surface area (TPSA) is 81.4 Å². The molecule has 1 N–H and O–H groups in total. The lowest BCUT2D eigenvalue weighted by atomic mass is 10.3. The molecule has 3 rings (SSSR count). The third-order valence-corrected chi connectivity index (χ3v) is 4.13. The Morgan fingerprint density at radius 3 is 3.05 bits per heavy atom. The Morgan fingerprint density at radius 2 is 2.35 bits per heavy atom. The van der Waals surface area contributed by atoms with Crippen molar-refractivity contribution in [1.82, 2.24) is 4.98 Å². The number of ether oxygens (including phenoxy) is 1. The minimum Gasteiger partial charge on any atom is -0.490 e. The highest BCUT2D eigenvalue weighted by atomic mass is 32.1. The Hall–Kier alpha value is -2.15. The number of methoxy groups -OCH3 is 1. The van der Waals surface area contributed by atoms with Gasteiger partial charge in [0.25, 0.3) is 5.91 Å². The van der Waals surface area contributed by atoms with Gasteiger partial charge in [0.1, 0.15) is 6.26 Å². The molecule has 0 unspecified atom stereocenters. The van der Waals surface area contributed by atoms with E-state index in [-0.39, 0.29) is 11.5 Å². The summed E-state index contributed by atoms with van der Waals surface area (Å²) in [5.41, 5.74) is 0.659. The number of nitrogens with one attached hydrogen (secondary N) is 1. The maximum atomic E-state index is 12.0. The predicted molar refractivity (Wildman–Crippen MR) is 73.6 cm³/mol. The Balaban J connectivity index is 1.78. The summed E-state index contributed by atoms with van der Waals surface area (Å²) in [4.78, 5) is 29.1. The standard InChI is InChI=1S/C13H12N2O4S/c1-18-10-6-19-9(5-8(10)16)12(17)15-13-14-7-3-2-4-11(7)20-13/h5-6H,2-4H2,1H3,(H,14,15,17). The molecule has 1 aliphatic carbocycles. The molecule has 0 saturated carbocycles. The fourth-order valence-corrected chi connectivity index (χ4v) is 3.11. The minimum absolute atomic E-state index is 0.0637. The summed E-state index contributed by atoms with van der Waals surface area (Å²) in [6.07, 6.45) is 4.22. The molecule has 0 saturated heterocycles. The summed E-state index contributed by atoms with van der Waals surface area (Å²) in [5.74, 6) is -0.488. The van der Waals surface area contributed by atoms with E-state index >= 15 is 0 Å². The number of thiazole rings is 1. The first-order valence-corrected chi connectivity index (χ1v) is 6.96. The first-order chi connectivity index (χ1) is 9.67. The Kier molecular flexibility index (Phi) is 3.27. The Bertz CT molecular complexity index is 698. The number of aryl methyl sites for hydroxylation is 2. The van der Waals surface area contributed by atoms with Crippen molar-refractivity contribution in [3.63, 3.8) is 0 Å². The lowest BCUT2D eigenvalue weighted by Crippen LogP contribution is -2.15. The highest BCUT2D eigenvalue weighted by Crippen LogP contribution is 2.30. The van der Waals surface area contributed by atoms with Crippen molar-refractivity contribution < 1.29 is 13.9 Å². The molecule has 1 amide bonds. The Labute approximate surface area is 118 Å². The average molecular weight is 292 g/mol. The fraction of sp³-hybridized carbons (Fsp3) is 0.308. The van der Waals surface area contributed by atoms with Gasteiger partial charge in [0.2, 0.25) is 11.2 Å². The second kappa shape index (κ2) is 5.09. The Morgan fingerprint density at radius 1 is 1.50 bits per heavy atom. The molecule has 6 nitrogen and oxygen atoms in total. The summed E-state index contributed by atoms with van der Waals surface area (Å²) < 4.78 is 9.87. The molecule has 1 aliphatic rings. The number of nitrogens with zero attached hydrogens (tertiary/aromatic N) is 1. The van der Waals surface area contributed by atoms with Gasteiger partial charge in [-0.3, -0.25) is 14.9 Å². The number of carbonyl (C=O) groups is 1. The third kappa shape index (κ3) is 2.32. The second-order valence-corrected chi connectivity index (χ2v) is 5.46. The molecular weight excluding hydrogens is 280 g/mol. The van der Waals surface area contributed by atoms with E-state index in [9.17, 15) is 9.59 Å². The molecule has 104 valence electrons. The molecule has 7 heteroatoms. The van der Waals surface area contributed by atoms with Crippen molar-refractivity contribution in [2.24, 2.45) is 0 Å². The van der Waals surface area contributed by atoms with Crippen LogP contribution in [0.4, 0.5) is 5.13 Å². The zero-order valence-electron chi connectivity index (χ0n) is 10.8. The minimum atomic E-state index is -0.489. The van der Waals surface area contributed by atoms with Crippen molar-refractivity contribution in [3.8, 4) is 5.75 Å². The lowest BCUT2D eigenvalue weighted by Gasteiger charge is -2.02. The maximum absolute atomic E-state index is 12.0. The smallest absolute Gasteiger partial charge is 0.293 e. The van der Waals surface area contributed by atoms with Gasteiger partial charge in [-0.15, -0.1) is 11.3 Å². The van der Waals surface area contributed by atoms with Crippen LogP contribution < -0.4 is 15.5 Å². The number of carbonyl (C=O) groups excluding carboxylic acids is 1. The molecule has 0 bridgehead atoms. The summed E-state index contributed by atoms with van der Waals surface area (Å²) >= 11 is 1.47. The molecule has 0 radical (unpaired) electrons. The molecule has 2 heterocycles. The molecule has 0 aromatic carbocycles. The van der Waals surface area contributed by atoms with Gasteiger partial charge in [-0.2, -0.15) is 0 Å². The zero-order chi connectivity index (χ0) is 14.1. The van der Waals surface area contributed by atoms with Gasteiger partial charge in [-0.05, 0) is 19.3 Å². The van der Waals surface area contributed by atoms with Crippen LogP contribution in [0.1, 0.15) is 27.5 Å². The van der Waals surface area contributed by atoms with Crippen molar-refractivity contribution >= 4 is 22.4 Å². The molecule has 0 aliphatic heterocycles. The first-order valence-electron chi connectivity index (χ1n) is 6.14. The van der Waals surface area contributed by atoms with Gasteiger partial charge < -0.3 is 9.15 Å². The van der Waals surface area contributed by atoms with Gasteiger partial charge in [0.15, 0.2) is 10.9 Å². The fourth-order valence-electron chi connectivity index (χ4n) is 2.07. The van der Waals surface area contributed by atoms with Crippen LogP contribution in [0.15, 0.2) is 21.5 Å². The van der Waals surface area contributed by atoms with Crippen LogP contribution in [0.5, 0.6) is 5.75 Å². The predicted octanol–water partition coefficient (Wildman–Crippen LogP) is 1.85. The third-order valence-electron chi connectivity index (χ3n) is 3.06. The number of aromatic nitrogens is 1. The molecule has 20 heavy (non-hydrogen) atoms. The summed E-state index contributed by atoms with van der Waals surface area (Å²) in [6, 6.07) is 1.11. The summed E-state index contributed by atoms with van der Waals surface area (Å²) in [6.45, 7) is 0. The second-order valence-electron chi connectivity index (χ2n) is 4.37. The quantitative estimate of drug-likeness (QED) is 0.933. The van der Waals surface area contributed by atoms with Crippen LogP contribution in [0.3, 0.4) is 0 Å². The number of rotatable bonds is 3. The lowest BCUT2D eigenvalue weighted by molar-refractivity contribution is 0.0993. The molecular formula is C13H12N2O4S. The average Bonchev–Trinajstić information content (AvgIpc) is 2.99. The van der Waals surface area contributed by atoms with E-state index in [1.165, 1.54) is 23.3 Å². The van der Waals surface area contributed by atoms with Crippen molar-refractivity contribution in [2.45, 2.75) is 19.3 Å². The van der Waals surface area contributed by atoms with Gasteiger partial charge >= 0.3 is 0 Å². The van der Waals surface area contributed by atoms with Crippen molar-refractivity contribution in [3.05, 3.63) is 38.9 Å². The first kappa shape index (κ1) is 12.9. The van der Waals surface area contributed by atoms with Crippen LogP contribution in [-0.4, -0.2) is 18.0 Å². The van der Waals surface area contributed by atoms with E-state index in [2.05, 4.69) is 10.3 Å². The van der Waals surface area contributed by atoms with Crippen LogP contribution >= 0.6 is 11.3 Å². The highest BCUT2D eigenvalue weighted by Gasteiger charge is 2.19. The molecule has 0 atom stereocenters. The number of hydrogen-bond donors (Lipinski definition) is 1.